The number of benzene rings is 1. The molecule has 1 N–H and O–H groups in total. The lowest BCUT2D eigenvalue weighted by molar-refractivity contribution is -0.125. The molecule has 1 aliphatic carbocycles. The molecule has 2 saturated heterocycles. The van der Waals surface area contributed by atoms with Gasteiger partial charge < -0.3 is 10.2 Å². The summed E-state index contributed by atoms with van der Waals surface area (Å²) in [6, 6.07) is 9.35. The van der Waals surface area contributed by atoms with Crippen LogP contribution in [0.4, 0.5) is 0 Å². The molecule has 30 heavy (non-hydrogen) atoms. The monoisotopic (exact) mass is 432 g/mol. The second-order valence-corrected chi connectivity index (χ2v) is 12.1. The number of hydrogen-bond acceptors (Lipinski definition) is 4. The average Bonchev–Trinajstić information content (AvgIpc) is 3.10. The van der Waals surface area contributed by atoms with Gasteiger partial charge in [0.05, 0.1) is 17.4 Å². The Bertz CT molecular complexity index is 836. The highest BCUT2D eigenvalue weighted by Gasteiger charge is 2.37. The van der Waals surface area contributed by atoms with Crippen LogP contribution in [0.1, 0.15) is 62.5 Å². The molecule has 0 aromatic heterocycles. The minimum Gasteiger partial charge on any atom is -0.353 e. The van der Waals surface area contributed by atoms with Crippen molar-refractivity contribution in [2.45, 2.75) is 69.7 Å². The van der Waals surface area contributed by atoms with Gasteiger partial charge in [-0.3, -0.25) is 4.79 Å². The number of amides is 1. The second-order valence-electron chi connectivity index (χ2n) is 9.87. The number of carbonyl (C=O) groups is 1. The van der Waals surface area contributed by atoms with Crippen LogP contribution in [0.25, 0.3) is 0 Å². The van der Waals surface area contributed by atoms with Gasteiger partial charge >= 0.3 is 0 Å². The molecule has 1 aromatic carbocycles. The predicted molar refractivity (Wildman–Crippen MR) is 120 cm³/mol. The van der Waals surface area contributed by atoms with Gasteiger partial charge in [0.2, 0.25) is 5.91 Å². The molecular weight excluding hydrogens is 396 g/mol. The Morgan fingerprint density at radius 2 is 1.73 bits per heavy atom. The lowest BCUT2D eigenvalue weighted by Crippen LogP contribution is -2.50. The van der Waals surface area contributed by atoms with Crippen LogP contribution >= 0.6 is 0 Å². The zero-order chi connectivity index (χ0) is 21.2. The van der Waals surface area contributed by atoms with Gasteiger partial charge in [-0.2, -0.15) is 0 Å². The second kappa shape index (κ2) is 8.99. The van der Waals surface area contributed by atoms with E-state index in [1.54, 1.807) is 0 Å². The first-order valence-corrected chi connectivity index (χ1v) is 13.5. The first kappa shape index (κ1) is 21.8. The molecule has 5 nitrogen and oxygen atoms in total. The predicted octanol–water partition coefficient (Wildman–Crippen LogP) is 3.21. The summed E-state index contributed by atoms with van der Waals surface area (Å²) < 4.78 is 23.3. The molecule has 166 valence electrons. The molecule has 1 amide bonds. The van der Waals surface area contributed by atoms with E-state index in [1.165, 1.54) is 43.2 Å². The van der Waals surface area contributed by atoms with Gasteiger partial charge in [0.25, 0.3) is 0 Å². The SMILES string of the molecule is Cc1ccc(C2(CN3CCC(NC(=O)C4CCS(=O)(=O)C4)CC3)CCCCC2)cc1. The fourth-order valence-electron chi connectivity index (χ4n) is 5.66. The summed E-state index contributed by atoms with van der Waals surface area (Å²) in [6.07, 6.45) is 8.89. The van der Waals surface area contributed by atoms with Crippen molar-refractivity contribution in [3.05, 3.63) is 35.4 Å². The first-order valence-electron chi connectivity index (χ1n) is 11.7. The molecule has 1 atom stereocenters. The van der Waals surface area contributed by atoms with Crippen LogP contribution in [0.5, 0.6) is 0 Å². The molecule has 0 spiro atoms. The third kappa shape index (κ3) is 5.08. The molecule has 0 bridgehead atoms. The van der Waals surface area contributed by atoms with E-state index in [0.717, 1.165) is 32.5 Å². The summed E-state index contributed by atoms with van der Waals surface area (Å²) in [5.74, 6) is -0.223. The van der Waals surface area contributed by atoms with E-state index in [1.807, 2.05) is 0 Å². The zero-order valence-corrected chi connectivity index (χ0v) is 19.1. The number of aryl methyl sites for hydroxylation is 1. The van der Waals surface area contributed by atoms with Crippen molar-refractivity contribution < 1.29 is 13.2 Å². The lowest BCUT2D eigenvalue weighted by atomic mass is 9.69. The summed E-state index contributed by atoms with van der Waals surface area (Å²) in [5, 5.41) is 3.14. The fourth-order valence-corrected chi connectivity index (χ4v) is 7.40. The van der Waals surface area contributed by atoms with Crippen LogP contribution in [-0.2, 0) is 20.0 Å². The number of rotatable bonds is 5. The van der Waals surface area contributed by atoms with E-state index >= 15 is 0 Å². The molecule has 4 rings (SSSR count). The Kier molecular flexibility index (Phi) is 6.54. The number of nitrogens with one attached hydrogen (secondary N) is 1. The van der Waals surface area contributed by atoms with Crippen molar-refractivity contribution in [3.63, 3.8) is 0 Å². The maximum absolute atomic E-state index is 12.5. The smallest absolute Gasteiger partial charge is 0.224 e. The standard InChI is InChI=1S/C24H36N2O3S/c1-19-5-7-21(8-6-19)24(12-3-2-4-13-24)18-26-14-9-22(10-15-26)25-23(27)20-11-16-30(28,29)17-20/h5-8,20,22H,2-4,9-18H2,1H3,(H,25,27). The van der Waals surface area contributed by atoms with Gasteiger partial charge in [-0.15, -0.1) is 0 Å². The van der Waals surface area contributed by atoms with Crippen molar-refractivity contribution in [2.75, 3.05) is 31.1 Å². The highest BCUT2D eigenvalue weighted by Crippen LogP contribution is 2.40. The molecule has 0 radical (unpaired) electrons. The molecular formula is C24H36N2O3S. The van der Waals surface area contributed by atoms with Crippen LogP contribution in [0, 0.1) is 12.8 Å². The van der Waals surface area contributed by atoms with E-state index in [0.29, 0.717) is 6.42 Å². The number of piperidine rings is 1. The third-order valence-corrected chi connectivity index (χ3v) is 9.31. The normalized spacial score (nSPS) is 27.0. The lowest BCUT2D eigenvalue weighted by Gasteiger charge is -2.44. The minimum atomic E-state index is -3.01. The van der Waals surface area contributed by atoms with Crippen molar-refractivity contribution in [2.24, 2.45) is 5.92 Å². The van der Waals surface area contributed by atoms with E-state index in [4.69, 9.17) is 0 Å². The number of hydrogen-bond donors (Lipinski definition) is 1. The van der Waals surface area contributed by atoms with E-state index in [9.17, 15) is 13.2 Å². The summed E-state index contributed by atoms with van der Waals surface area (Å²) >= 11 is 0. The highest BCUT2D eigenvalue weighted by atomic mass is 32.2. The fraction of sp³-hybridized carbons (Fsp3) is 0.708. The zero-order valence-electron chi connectivity index (χ0n) is 18.2. The number of sulfone groups is 1. The Labute approximate surface area is 181 Å². The summed E-state index contributed by atoms with van der Waals surface area (Å²) in [7, 11) is -3.01. The minimum absolute atomic E-state index is 0.0246. The van der Waals surface area contributed by atoms with Crippen molar-refractivity contribution in [1.82, 2.24) is 10.2 Å². The molecule has 3 aliphatic rings. The van der Waals surface area contributed by atoms with Gasteiger partial charge in [0.1, 0.15) is 0 Å². The number of nitrogens with zero attached hydrogens (tertiary/aromatic N) is 1. The maximum Gasteiger partial charge on any atom is 0.224 e. The van der Waals surface area contributed by atoms with Gasteiger partial charge in [-0.25, -0.2) is 8.42 Å². The quantitative estimate of drug-likeness (QED) is 0.776. The Morgan fingerprint density at radius 3 is 2.33 bits per heavy atom. The van der Waals surface area contributed by atoms with Crippen LogP contribution in [0.2, 0.25) is 0 Å². The molecule has 2 heterocycles. The highest BCUT2D eigenvalue weighted by molar-refractivity contribution is 7.91. The van der Waals surface area contributed by atoms with Crippen molar-refractivity contribution in [1.29, 1.82) is 0 Å². The van der Waals surface area contributed by atoms with Crippen LogP contribution in [0.3, 0.4) is 0 Å². The van der Waals surface area contributed by atoms with Gasteiger partial charge in [-0.1, -0.05) is 49.1 Å². The molecule has 1 saturated carbocycles. The topological polar surface area (TPSA) is 66.5 Å². The number of carbonyl (C=O) groups excluding carboxylic acids is 1. The van der Waals surface area contributed by atoms with Crippen LogP contribution < -0.4 is 5.32 Å². The van der Waals surface area contributed by atoms with Crippen molar-refractivity contribution in [3.8, 4) is 0 Å². The van der Waals surface area contributed by atoms with Gasteiger partial charge in [0, 0.05) is 31.1 Å². The molecule has 2 aliphatic heterocycles. The van der Waals surface area contributed by atoms with Gasteiger partial charge in [0.15, 0.2) is 9.84 Å². The summed E-state index contributed by atoms with van der Waals surface area (Å²) in [4.78, 5) is 15.1. The molecule has 1 unspecified atom stereocenters. The maximum atomic E-state index is 12.5. The van der Waals surface area contributed by atoms with E-state index < -0.39 is 9.84 Å². The Morgan fingerprint density at radius 1 is 1.07 bits per heavy atom. The first-order chi connectivity index (χ1) is 14.4. The number of likely N-dealkylation sites (tertiary alicyclic amines) is 1. The average molecular weight is 433 g/mol. The van der Waals surface area contributed by atoms with E-state index in [2.05, 4.69) is 41.4 Å². The summed E-state index contributed by atoms with van der Waals surface area (Å²) in [5.41, 5.74) is 3.07. The van der Waals surface area contributed by atoms with Gasteiger partial charge in [-0.05, 0) is 44.6 Å². The molecule has 6 heteroatoms. The largest absolute Gasteiger partial charge is 0.353 e. The van der Waals surface area contributed by atoms with E-state index in [-0.39, 0.29) is 34.8 Å². The van der Waals surface area contributed by atoms with Crippen molar-refractivity contribution >= 4 is 15.7 Å². The van der Waals surface area contributed by atoms with Crippen LogP contribution in [-0.4, -0.2) is 56.4 Å². The van der Waals surface area contributed by atoms with Crippen LogP contribution in [0.15, 0.2) is 24.3 Å². The molecule has 1 aromatic rings. The summed E-state index contributed by atoms with van der Waals surface area (Å²) in [6.45, 7) is 5.26. The Balaban J connectivity index is 1.33. The molecule has 3 fully saturated rings. The Hall–Kier alpha value is -1.40. The third-order valence-electron chi connectivity index (χ3n) is 7.54.